The smallest absolute Gasteiger partial charge is 0.163 e. The fourth-order valence-electron chi connectivity index (χ4n) is 2.29. The summed E-state index contributed by atoms with van der Waals surface area (Å²) in [6, 6.07) is 0. The molecule has 1 heterocycles. The molecular formula is C15H30O2. The summed E-state index contributed by atoms with van der Waals surface area (Å²) in [6.45, 7) is 11.0. The van der Waals surface area contributed by atoms with Crippen molar-refractivity contribution in [1.29, 1.82) is 0 Å². The molecule has 0 aliphatic carbocycles. The van der Waals surface area contributed by atoms with Crippen molar-refractivity contribution in [2.24, 2.45) is 5.41 Å². The second kappa shape index (κ2) is 6.75. The first-order chi connectivity index (χ1) is 7.93. The van der Waals surface area contributed by atoms with Gasteiger partial charge in [0.2, 0.25) is 0 Å². The average molecular weight is 242 g/mol. The van der Waals surface area contributed by atoms with Crippen LogP contribution in [0.15, 0.2) is 0 Å². The molecule has 0 aromatic carbocycles. The Morgan fingerprint density at radius 1 is 1.06 bits per heavy atom. The van der Waals surface area contributed by atoms with Crippen molar-refractivity contribution in [3.05, 3.63) is 0 Å². The minimum atomic E-state index is -0.0394. The third-order valence-corrected chi connectivity index (χ3v) is 3.35. The van der Waals surface area contributed by atoms with Crippen molar-refractivity contribution in [1.82, 2.24) is 0 Å². The van der Waals surface area contributed by atoms with Crippen LogP contribution in [0, 0.1) is 5.41 Å². The summed E-state index contributed by atoms with van der Waals surface area (Å²) in [6.07, 6.45) is 8.23. The van der Waals surface area contributed by atoms with Gasteiger partial charge < -0.3 is 9.47 Å². The Morgan fingerprint density at radius 2 is 1.76 bits per heavy atom. The molecule has 2 heteroatoms. The summed E-state index contributed by atoms with van der Waals surface area (Å²) >= 11 is 0. The lowest BCUT2D eigenvalue weighted by molar-refractivity contribution is -0.276. The maximum atomic E-state index is 6.08. The van der Waals surface area contributed by atoms with Gasteiger partial charge in [-0.15, -0.1) is 0 Å². The SMILES string of the molecule is CCCCCC[C@@H]1C[C@@H](C)O[C@H](C(C)(C)C)O1. The molecule has 0 N–H and O–H groups in total. The first-order valence-electron chi connectivity index (χ1n) is 7.24. The van der Waals surface area contributed by atoms with Gasteiger partial charge in [-0.2, -0.15) is 0 Å². The van der Waals surface area contributed by atoms with Crippen LogP contribution in [-0.4, -0.2) is 18.5 Å². The molecule has 1 aliphatic rings. The van der Waals surface area contributed by atoms with Crippen LogP contribution < -0.4 is 0 Å². The number of ether oxygens (including phenoxy) is 2. The van der Waals surface area contributed by atoms with Crippen LogP contribution in [0.2, 0.25) is 0 Å². The summed E-state index contributed by atoms with van der Waals surface area (Å²) in [5, 5.41) is 0. The van der Waals surface area contributed by atoms with Crippen LogP contribution in [0.1, 0.15) is 73.1 Å². The summed E-state index contributed by atoms with van der Waals surface area (Å²) < 4.78 is 12.0. The second-order valence-corrected chi connectivity index (χ2v) is 6.49. The highest BCUT2D eigenvalue weighted by Gasteiger charge is 2.35. The van der Waals surface area contributed by atoms with Gasteiger partial charge >= 0.3 is 0 Å². The molecule has 0 radical (unpaired) electrons. The lowest BCUT2D eigenvalue weighted by Crippen LogP contribution is -2.43. The first-order valence-corrected chi connectivity index (χ1v) is 7.24. The number of hydrogen-bond donors (Lipinski definition) is 0. The van der Waals surface area contributed by atoms with Crippen molar-refractivity contribution < 1.29 is 9.47 Å². The van der Waals surface area contributed by atoms with E-state index in [0.29, 0.717) is 12.2 Å². The summed E-state index contributed by atoms with van der Waals surface area (Å²) in [5.41, 5.74) is 0.0797. The monoisotopic (exact) mass is 242 g/mol. The van der Waals surface area contributed by atoms with Crippen LogP contribution in [0.25, 0.3) is 0 Å². The largest absolute Gasteiger partial charge is 0.349 e. The van der Waals surface area contributed by atoms with Gasteiger partial charge in [-0.3, -0.25) is 0 Å². The van der Waals surface area contributed by atoms with Gasteiger partial charge in [0, 0.05) is 5.41 Å². The highest BCUT2D eigenvalue weighted by molar-refractivity contribution is 4.76. The molecule has 2 nitrogen and oxygen atoms in total. The third-order valence-electron chi connectivity index (χ3n) is 3.35. The lowest BCUT2D eigenvalue weighted by atomic mass is 9.94. The Kier molecular flexibility index (Phi) is 5.94. The average Bonchev–Trinajstić information content (AvgIpc) is 2.22. The zero-order valence-corrected chi connectivity index (χ0v) is 12.3. The van der Waals surface area contributed by atoms with E-state index in [1.165, 1.54) is 32.1 Å². The normalized spacial score (nSPS) is 30.5. The van der Waals surface area contributed by atoms with Gasteiger partial charge in [0.25, 0.3) is 0 Å². The Morgan fingerprint density at radius 3 is 2.35 bits per heavy atom. The van der Waals surface area contributed by atoms with E-state index in [2.05, 4.69) is 34.6 Å². The maximum absolute atomic E-state index is 6.08. The van der Waals surface area contributed by atoms with E-state index < -0.39 is 0 Å². The van der Waals surface area contributed by atoms with Crippen molar-refractivity contribution in [2.75, 3.05) is 0 Å². The molecule has 1 rings (SSSR count). The Labute approximate surface area is 107 Å². The Hall–Kier alpha value is -0.0800. The number of rotatable bonds is 5. The van der Waals surface area contributed by atoms with Crippen LogP contribution in [0.4, 0.5) is 0 Å². The maximum Gasteiger partial charge on any atom is 0.163 e. The summed E-state index contributed by atoms with van der Waals surface area (Å²) in [4.78, 5) is 0. The molecule has 0 aromatic heterocycles. The molecule has 17 heavy (non-hydrogen) atoms. The van der Waals surface area contributed by atoms with Crippen molar-refractivity contribution in [3.63, 3.8) is 0 Å². The van der Waals surface area contributed by atoms with Gasteiger partial charge in [0.1, 0.15) is 0 Å². The van der Waals surface area contributed by atoms with Crippen molar-refractivity contribution in [3.8, 4) is 0 Å². The van der Waals surface area contributed by atoms with Gasteiger partial charge in [0.05, 0.1) is 12.2 Å². The fourth-order valence-corrected chi connectivity index (χ4v) is 2.29. The molecule has 1 fully saturated rings. The summed E-state index contributed by atoms with van der Waals surface area (Å²) in [7, 11) is 0. The van der Waals surface area contributed by atoms with E-state index in [1.54, 1.807) is 0 Å². The van der Waals surface area contributed by atoms with Crippen molar-refractivity contribution >= 4 is 0 Å². The minimum Gasteiger partial charge on any atom is -0.349 e. The van der Waals surface area contributed by atoms with Crippen LogP contribution in [0.3, 0.4) is 0 Å². The number of hydrogen-bond acceptors (Lipinski definition) is 2. The third kappa shape index (κ3) is 5.39. The molecule has 0 unspecified atom stereocenters. The molecule has 1 saturated heterocycles. The fraction of sp³-hybridized carbons (Fsp3) is 1.00. The topological polar surface area (TPSA) is 18.5 Å². The zero-order chi connectivity index (χ0) is 12.9. The molecule has 0 amide bonds. The second-order valence-electron chi connectivity index (χ2n) is 6.49. The highest BCUT2D eigenvalue weighted by atomic mass is 16.7. The minimum absolute atomic E-state index is 0.0394. The van der Waals surface area contributed by atoms with Gasteiger partial charge in [-0.1, -0.05) is 53.4 Å². The lowest BCUT2D eigenvalue weighted by Gasteiger charge is -2.40. The van der Waals surface area contributed by atoms with Crippen LogP contribution in [0.5, 0.6) is 0 Å². The van der Waals surface area contributed by atoms with E-state index >= 15 is 0 Å². The summed E-state index contributed by atoms with van der Waals surface area (Å²) in [5.74, 6) is 0. The van der Waals surface area contributed by atoms with Gasteiger partial charge in [0.15, 0.2) is 6.29 Å². The van der Waals surface area contributed by atoms with Crippen LogP contribution in [-0.2, 0) is 9.47 Å². The van der Waals surface area contributed by atoms with E-state index in [1.807, 2.05) is 0 Å². The standard InChI is InChI=1S/C15H30O2/c1-6-7-8-9-10-13-11-12(2)16-14(17-13)15(3,4)5/h12-14H,6-11H2,1-5H3/t12-,13-,14+/m1/s1. The van der Waals surface area contributed by atoms with E-state index in [0.717, 1.165) is 6.42 Å². The van der Waals surface area contributed by atoms with E-state index in [9.17, 15) is 0 Å². The predicted molar refractivity (Wildman–Crippen MR) is 72.0 cm³/mol. The predicted octanol–water partition coefficient (Wildman–Crippen LogP) is 4.52. The van der Waals surface area contributed by atoms with Gasteiger partial charge in [-0.25, -0.2) is 0 Å². The van der Waals surface area contributed by atoms with E-state index in [4.69, 9.17) is 9.47 Å². The molecule has 0 bridgehead atoms. The number of unbranched alkanes of at least 4 members (excludes halogenated alkanes) is 3. The zero-order valence-electron chi connectivity index (χ0n) is 12.3. The molecule has 102 valence electrons. The highest BCUT2D eigenvalue weighted by Crippen LogP contribution is 2.32. The van der Waals surface area contributed by atoms with Crippen molar-refractivity contribution in [2.45, 2.75) is 91.6 Å². The molecule has 0 aromatic rings. The van der Waals surface area contributed by atoms with Crippen LogP contribution >= 0.6 is 0 Å². The molecule has 0 spiro atoms. The molecule has 0 saturated carbocycles. The molecular weight excluding hydrogens is 212 g/mol. The van der Waals surface area contributed by atoms with Gasteiger partial charge in [-0.05, 0) is 19.8 Å². The van der Waals surface area contributed by atoms with E-state index in [-0.39, 0.29) is 11.7 Å². The first kappa shape index (κ1) is 15.0. The molecule has 1 aliphatic heterocycles. The Bertz CT molecular complexity index is 207. The molecule has 3 atom stereocenters. The Balaban J connectivity index is 2.35. The quantitative estimate of drug-likeness (QED) is 0.660.